The van der Waals surface area contributed by atoms with E-state index in [1.807, 2.05) is 42.5 Å². The van der Waals surface area contributed by atoms with Crippen molar-refractivity contribution in [3.05, 3.63) is 47.3 Å². The Morgan fingerprint density at radius 2 is 1.93 bits per heavy atom. The average molecular weight is 424 g/mol. The summed E-state index contributed by atoms with van der Waals surface area (Å²) in [4.78, 5) is 31.0. The molecule has 2 saturated heterocycles. The predicted octanol–water partition coefficient (Wildman–Crippen LogP) is 2.88. The van der Waals surface area contributed by atoms with Crippen LogP contribution in [0, 0.1) is 5.41 Å². The molecular weight excluding hydrogens is 404 g/mol. The van der Waals surface area contributed by atoms with Crippen molar-refractivity contribution in [3.63, 3.8) is 0 Å². The molecule has 3 aromatic rings. The lowest BCUT2D eigenvalue weighted by Gasteiger charge is -2.54. The summed E-state index contributed by atoms with van der Waals surface area (Å²) in [6.07, 6.45) is 0. The van der Waals surface area contributed by atoms with Crippen LogP contribution < -0.4 is 15.5 Å². The van der Waals surface area contributed by atoms with Crippen LogP contribution in [0.3, 0.4) is 0 Å². The van der Waals surface area contributed by atoms with Gasteiger partial charge in [-0.05, 0) is 22.9 Å². The number of fused-ring (bicyclic) bond motifs is 1. The number of benzene rings is 2. The molecule has 2 aromatic carbocycles. The molecule has 3 N–H and O–H groups in total. The number of anilines is 3. The van der Waals surface area contributed by atoms with Crippen molar-refractivity contribution < 1.29 is 19.4 Å². The highest BCUT2D eigenvalue weighted by Crippen LogP contribution is 2.42. The zero-order chi connectivity index (χ0) is 20.7. The first kappa shape index (κ1) is 18.8. The smallest absolute Gasteiger partial charge is 0.322 e. The van der Waals surface area contributed by atoms with Crippen LogP contribution >= 0.6 is 11.3 Å². The molecule has 5 rings (SSSR count). The standard InChI is InChI=1S/C21H20N4O4S/c26-16(27)8-22-18-17(30-20(24-18)25-9-21(10-25)11-29-12-21)19(28)23-15-6-5-13-3-1-2-4-14(13)7-15/h1-7,22H,8-12H2,(H,23,28)(H,26,27). The van der Waals surface area contributed by atoms with Crippen LogP contribution in [0.1, 0.15) is 9.67 Å². The van der Waals surface area contributed by atoms with Crippen LogP contribution in [0.5, 0.6) is 0 Å². The van der Waals surface area contributed by atoms with Gasteiger partial charge in [-0.3, -0.25) is 9.59 Å². The Kier molecular flexibility index (Phi) is 4.56. The van der Waals surface area contributed by atoms with Crippen molar-refractivity contribution in [3.8, 4) is 0 Å². The van der Waals surface area contributed by atoms with Crippen LogP contribution in [0.15, 0.2) is 42.5 Å². The van der Waals surface area contributed by atoms with Gasteiger partial charge in [-0.2, -0.15) is 0 Å². The van der Waals surface area contributed by atoms with Gasteiger partial charge in [0.2, 0.25) is 0 Å². The molecule has 2 aliphatic rings. The number of carboxylic acid groups (broad SMARTS) is 1. The van der Waals surface area contributed by atoms with Gasteiger partial charge in [0.25, 0.3) is 5.91 Å². The van der Waals surface area contributed by atoms with Crippen molar-refractivity contribution in [2.45, 2.75) is 0 Å². The lowest BCUT2D eigenvalue weighted by Crippen LogP contribution is -2.66. The van der Waals surface area contributed by atoms with Gasteiger partial charge in [-0.25, -0.2) is 4.98 Å². The Labute approximate surface area is 176 Å². The maximum atomic E-state index is 13.0. The first-order valence-electron chi connectivity index (χ1n) is 9.61. The van der Waals surface area contributed by atoms with Gasteiger partial charge >= 0.3 is 5.97 Å². The van der Waals surface area contributed by atoms with Crippen molar-refractivity contribution in [1.82, 2.24) is 4.98 Å². The maximum Gasteiger partial charge on any atom is 0.322 e. The van der Waals surface area contributed by atoms with Crippen molar-refractivity contribution in [1.29, 1.82) is 0 Å². The Balaban J connectivity index is 1.37. The van der Waals surface area contributed by atoms with Gasteiger partial charge in [-0.1, -0.05) is 41.7 Å². The average Bonchev–Trinajstić information content (AvgIpc) is 3.08. The maximum absolute atomic E-state index is 13.0. The van der Waals surface area contributed by atoms with Crippen LogP contribution in [0.4, 0.5) is 16.6 Å². The van der Waals surface area contributed by atoms with Gasteiger partial charge in [0.1, 0.15) is 11.4 Å². The highest BCUT2D eigenvalue weighted by atomic mass is 32.1. The third-order valence-corrected chi connectivity index (χ3v) is 6.49. The third kappa shape index (κ3) is 3.46. The summed E-state index contributed by atoms with van der Waals surface area (Å²) in [5.74, 6) is -1.04. The number of carboxylic acids is 1. The minimum Gasteiger partial charge on any atom is -0.480 e. The molecule has 8 nitrogen and oxygen atoms in total. The zero-order valence-corrected chi connectivity index (χ0v) is 16.9. The SMILES string of the molecule is O=C(O)CNc1nc(N2CC3(COC3)C2)sc1C(=O)Nc1ccc2ccccc2c1. The summed E-state index contributed by atoms with van der Waals surface area (Å²) in [6, 6.07) is 13.6. The summed E-state index contributed by atoms with van der Waals surface area (Å²) < 4.78 is 5.31. The fourth-order valence-corrected chi connectivity index (χ4v) is 4.74. The molecule has 0 unspecified atom stereocenters. The Hall–Kier alpha value is -3.17. The quantitative estimate of drug-likeness (QED) is 0.559. The summed E-state index contributed by atoms with van der Waals surface area (Å²) >= 11 is 1.27. The Morgan fingerprint density at radius 1 is 1.17 bits per heavy atom. The second-order valence-corrected chi connectivity index (χ2v) is 8.76. The number of aliphatic carboxylic acids is 1. The normalized spacial score (nSPS) is 16.7. The monoisotopic (exact) mass is 424 g/mol. The van der Waals surface area contributed by atoms with E-state index in [2.05, 4.69) is 20.5 Å². The van der Waals surface area contributed by atoms with Crippen molar-refractivity contribution in [2.24, 2.45) is 5.41 Å². The van der Waals surface area contributed by atoms with Crippen LogP contribution in [0.2, 0.25) is 0 Å². The number of nitrogens with zero attached hydrogens (tertiary/aromatic N) is 2. The predicted molar refractivity (Wildman–Crippen MR) is 116 cm³/mol. The van der Waals surface area contributed by atoms with Gasteiger partial charge in [-0.15, -0.1) is 0 Å². The highest BCUT2D eigenvalue weighted by Gasteiger charge is 2.50. The lowest BCUT2D eigenvalue weighted by atomic mass is 9.78. The van der Waals surface area contributed by atoms with Gasteiger partial charge in [0.05, 0.1) is 18.6 Å². The molecule has 154 valence electrons. The molecule has 1 aromatic heterocycles. The van der Waals surface area contributed by atoms with E-state index < -0.39 is 5.97 Å². The summed E-state index contributed by atoms with van der Waals surface area (Å²) in [6.45, 7) is 2.88. The molecule has 3 heterocycles. The molecule has 0 bridgehead atoms. The number of ether oxygens (including phenoxy) is 1. The molecule has 30 heavy (non-hydrogen) atoms. The first-order chi connectivity index (χ1) is 14.5. The fraction of sp³-hybridized carbons (Fsp3) is 0.286. The van der Waals surface area contributed by atoms with E-state index in [0.29, 0.717) is 21.5 Å². The topological polar surface area (TPSA) is 104 Å². The number of amides is 1. The molecule has 0 aliphatic carbocycles. The molecule has 0 atom stereocenters. The molecule has 9 heteroatoms. The largest absolute Gasteiger partial charge is 0.480 e. The van der Waals surface area contributed by atoms with Gasteiger partial charge in [0, 0.05) is 18.8 Å². The minimum atomic E-state index is -1.01. The van der Waals surface area contributed by atoms with E-state index in [1.165, 1.54) is 11.3 Å². The van der Waals surface area contributed by atoms with E-state index in [-0.39, 0.29) is 17.9 Å². The number of rotatable bonds is 6. The fourth-order valence-electron chi connectivity index (χ4n) is 3.80. The molecule has 0 radical (unpaired) electrons. The van der Waals surface area contributed by atoms with E-state index in [4.69, 9.17) is 9.84 Å². The summed E-state index contributed by atoms with van der Waals surface area (Å²) in [5, 5.41) is 17.5. The molecule has 1 spiro atoms. The van der Waals surface area contributed by atoms with Crippen molar-refractivity contribution in [2.75, 3.05) is 48.4 Å². The summed E-state index contributed by atoms with van der Waals surface area (Å²) in [5.41, 5.74) is 0.890. The Morgan fingerprint density at radius 3 is 2.63 bits per heavy atom. The molecule has 2 aliphatic heterocycles. The first-order valence-corrected chi connectivity index (χ1v) is 10.4. The number of carbonyl (C=O) groups is 2. The van der Waals surface area contributed by atoms with E-state index in [0.717, 1.165) is 37.1 Å². The zero-order valence-electron chi connectivity index (χ0n) is 16.1. The van der Waals surface area contributed by atoms with Crippen LogP contribution in [0.25, 0.3) is 10.8 Å². The van der Waals surface area contributed by atoms with Crippen LogP contribution in [-0.2, 0) is 9.53 Å². The number of hydrogen-bond acceptors (Lipinski definition) is 7. The van der Waals surface area contributed by atoms with Crippen molar-refractivity contribution >= 4 is 50.6 Å². The minimum absolute atomic E-state index is 0.216. The summed E-state index contributed by atoms with van der Waals surface area (Å²) in [7, 11) is 0. The third-order valence-electron chi connectivity index (χ3n) is 5.38. The van der Waals surface area contributed by atoms with Gasteiger partial charge < -0.3 is 25.4 Å². The van der Waals surface area contributed by atoms with Gasteiger partial charge in [0.15, 0.2) is 10.9 Å². The number of nitrogens with one attached hydrogen (secondary N) is 2. The molecule has 0 saturated carbocycles. The van der Waals surface area contributed by atoms with E-state index in [9.17, 15) is 9.59 Å². The molecule has 2 fully saturated rings. The Bertz CT molecular complexity index is 1130. The number of carbonyl (C=O) groups excluding carboxylic acids is 1. The molecule has 1 amide bonds. The molecular formula is C21H20N4O4S. The number of hydrogen-bond donors (Lipinski definition) is 3. The number of aromatic nitrogens is 1. The van der Waals surface area contributed by atoms with Crippen LogP contribution in [-0.4, -0.2) is 54.8 Å². The second kappa shape index (κ2) is 7.26. The highest BCUT2D eigenvalue weighted by molar-refractivity contribution is 7.18. The lowest BCUT2D eigenvalue weighted by molar-refractivity contribution is -0.134. The second-order valence-electron chi connectivity index (χ2n) is 7.79. The number of thiazole rings is 1. The van der Waals surface area contributed by atoms with E-state index >= 15 is 0 Å². The van der Waals surface area contributed by atoms with E-state index in [1.54, 1.807) is 0 Å².